The minimum absolute atomic E-state index is 0.253. The van der Waals surface area contributed by atoms with E-state index < -0.39 is 5.82 Å². The normalized spacial score (nSPS) is 13.7. The van der Waals surface area contributed by atoms with Gasteiger partial charge in [-0.1, -0.05) is 35.9 Å². The molecule has 1 fully saturated rings. The molecule has 1 N–H and O–H groups in total. The van der Waals surface area contributed by atoms with Gasteiger partial charge in [0, 0.05) is 25.2 Å². The Kier molecular flexibility index (Phi) is 6.29. The first-order chi connectivity index (χ1) is 17.0. The number of aryl methyl sites for hydroxylation is 1. The van der Waals surface area contributed by atoms with Crippen LogP contribution in [-0.2, 0) is 11.3 Å². The van der Waals surface area contributed by atoms with Gasteiger partial charge < -0.3 is 15.0 Å². The second-order valence-corrected chi connectivity index (χ2v) is 8.53. The lowest BCUT2D eigenvalue weighted by atomic mass is 10.1. The molecule has 1 amide bonds. The van der Waals surface area contributed by atoms with E-state index in [0.717, 1.165) is 11.1 Å². The van der Waals surface area contributed by atoms with E-state index in [9.17, 15) is 14.0 Å². The standard InChI is InChI=1S/C27H25FN4O3/c1-18-5-7-19(8-6-18)17-29-25(33)20-9-10-23-24(15-20)30-27(31-11-13-35-14-12-31)32(26(23)34)22-4-2-3-21(28)16-22/h2-10,15-16H,11-14,17H2,1H3,(H,29,33). The van der Waals surface area contributed by atoms with Crippen LogP contribution in [0.15, 0.2) is 71.5 Å². The summed E-state index contributed by atoms with van der Waals surface area (Å²) in [6.45, 7) is 4.49. The van der Waals surface area contributed by atoms with Crippen LogP contribution in [0.2, 0.25) is 0 Å². The second kappa shape index (κ2) is 9.68. The van der Waals surface area contributed by atoms with Crippen LogP contribution in [0.3, 0.4) is 0 Å². The van der Waals surface area contributed by atoms with Crippen LogP contribution in [0, 0.1) is 12.7 Å². The number of fused-ring (bicyclic) bond motifs is 1. The average Bonchev–Trinajstić information content (AvgIpc) is 2.88. The van der Waals surface area contributed by atoms with Crippen LogP contribution in [0.1, 0.15) is 21.5 Å². The van der Waals surface area contributed by atoms with E-state index >= 15 is 0 Å². The van der Waals surface area contributed by atoms with Crippen LogP contribution in [0.4, 0.5) is 10.3 Å². The molecule has 4 aromatic rings. The predicted octanol–water partition coefficient (Wildman–Crippen LogP) is 3.60. The number of benzene rings is 3. The summed E-state index contributed by atoms with van der Waals surface area (Å²) in [6.07, 6.45) is 0. The molecule has 0 aliphatic carbocycles. The quantitative estimate of drug-likeness (QED) is 0.480. The maximum absolute atomic E-state index is 14.0. The SMILES string of the molecule is Cc1ccc(CNC(=O)c2ccc3c(=O)n(-c4cccc(F)c4)c(N4CCOCC4)nc3c2)cc1. The third kappa shape index (κ3) is 4.79. The fourth-order valence-corrected chi connectivity index (χ4v) is 4.13. The molecule has 0 saturated carbocycles. The van der Waals surface area contributed by atoms with Gasteiger partial charge in [-0.3, -0.25) is 9.59 Å². The lowest BCUT2D eigenvalue weighted by Gasteiger charge is -2.30. The van der Waals surface area contributed by atoms with Crippen molar-refractivity contribution in [1.82, 2.24) is 14.9 Å². The fraction of sp³-hybridized carbons (Fsp3) is 0.222. The van der Waals surface area contributed by atoms with Crippen LogP contribution in [0.5, 0.6) is 0 Å². The fourth-order valence-electron chi connectivity index (χ4n) is 4.13. The second-order valence-electron chi connectivity index (χ2n) is 8.53. The summed E-state index contributed by atoms with van der Waals surface area (Å²) in [5, 5.41) is 3.27. The van der Waals surface area contributed by atoms with Crippen molar-refractivity contribution in [3.8, 4) is 5.69 Å². The molecule has 1 saturated heterocycles. The van der Waals surface area contributed by atoms with E-state index in [1.807, 2.05) is 36.1 Å². The van der Waals surface area contributed by atoms with E-state index in [1.165, 1.54) is 16.7 Å². The molecule has 3 aromatic carbocycles. The number of carbonyl (C=O) groups is 1. The predicted molar refractivity (Wildman–Crippen MR) is 133 cm³/mol. The lowest BCUT2D eigenvalue weighted by Crippen LogP contribution is -2.40. The molecular formula is C27H25FN4O3. The zero-order valence-electron chi connectivity index (χ0n) is 19.3. The summed E-state index contributed by atoms with van der Waals surface area (Å²) in [4.78, 5) is 33.1. The summed E-state index contributed by atoms with van der Waals surface area (Å²) in [5.41, 5.74) is 3.04. The third-order valence-electron chi connectivity index (χ3n) is 6.05. The number of ether oxygens (including phenoxy) is 1. The molecule has 0 atom stereocenters. The molecule has 0 unspecified atom stereocenters. The smallest absolute Gasteiger partial charge is 0.267 e. The Morgan fingerprint density at radius 2 is 1.83 bits per heavy atom. The van der Waals surface area contributed by atoms with Gasteiger partial charge in [0.2, 0.25) is 5.95 Å². The van der Waals surface area contributed by atoms with Gasteiger partial charge in [0.25, 0.3) is 11.5 Å². The monoisotopic (exact) mass is 472 g/mol. The van der Waals surface area contributed by atoms with E-state index in [2.05, 4.69) is 5.32 Å². The molecule has 1 aliphatic rings. The summed E-state index contributed by atoms with van der Waals surface area (Å²) >= 11 is 0. The van der Waals surface area contributed by atoms with Gasteiger partial charge in [-0.15, -0.1) is 0 Å². The van der Waals surface area contributed by atoms with Gasteiger partial charge in [0.05, 0.1) is 29.8 Å². The molecule has 5 rings (SSSR count). The molecule has 7 nitrogen and oxygen atoms in total. The van der Waals surface area contributed by atoms with Crippen molar-refractivity contribution in [1.29, 1.82) is 0 Å². The Morgan fingerprint density at radius 3 is 2.57 bits per heavy atom. The highest BCUT2D eigenvalue weighted by atomic mass is 19.1. The number of carbonyl (C=O) groups excluding carboxylic acids is 1. The van der Waals surface area contributed by atoms with Crippen molar-refractivity contribution in [2.45, 2.75) is 13.5 Å². The molecule has 0 radical (unpaired) electrons. The van der Waals surface area contributed by atoms with Crippen molar-refractivity contribution in [2.75, 3.05) is 31.2 Å². The Bertz CT molecular complexity index is 1440. The van der Waals surface area contributed by atoms with Crippen molar-refractivity contribution in [3.63, 3.8) is 0 Å². The van der Waals surface area contributed by atoms with Gasteiger partial charge >= 0.3 is 0 Å². The summed E-state index contributed by atoms with van der Waals surface area (Å²) in [7, 11) is 0. The highest BCUT2D eigenvalue weighted by molar-refractivity contribution is 5.97. The van der Waals surface area contributed by atoms with Crippen LogP contribution < -0.4 is 15.8 Å². The molecule has 178 valence electrons. The van der Waals surface area contributed by atoms with Crippen molar-refractivity contribution in [3.05, 3.63) is 99.6 Å². The van der Waals surface area contributed by atoms with Gasteiger partial charge in [-0.25, -0.2) is 13.9 Å². The maximum Gasteiger partial charge on any atom is 0.267 e. The number of hydrogen-bond donors (Lipinski definition) is 1. The molecular weight excluding hydrogens is 447 g/mol. The minimum atomic E-state index is -0.442. The Morgan fingerprint density at radius 1 is 1.06 bits per heavy atom. The topological polar surface area (TPSA) is 76.5 Å². The summed E-state index contributed by atoms with van der Waals surface area (Å²) in [5.74, 6) is -0.298. The first kappa shape index (κ1) is 22.7. The molecule has 35 heavy (non-hydrogen) atoms. The number of nitrogens with zero attached hydrogens (tertiary/aromatic N) is 3. The average molecular weight is 473 g/mol. The van der Waals surface area contributed by atoms with Gasteiger partial charge in [0.1, 0.15) is 5.82 Å². The first-order valence-electron chi connectivity index (χ1n) is 11.5. The number of halogens is 1. The van der Waals surface area contributed by atoms with Crippen LogP contribution in [0.25, 0.3) is 16.6 Å². The van der Waals surface area contributed by atoms with Gasteiger partial charge in [-0.05, 0) is 48.9 Å². The number of rotatable bonds is 5. The zero-order valence-corrected chi connectivity index (χ0v) is 19.3. The number of amides is 1. The number of hydrogen-bond acceptors (Lipinski definition) is 5. The third-order valence-corrected chi connectivity index (χ3v) is 6.05. The Labute approximate surface area is 201 Å². The summed E-state index contributed by atoms with van der Waals surface area (Å²) in [6, 6.07) is 18.7. The zero-order chi connectivity index (χ0) is 24.4. The maximum atomic E-state index is 14.0. The molecule has 1 aromatic heterocycles. The lowest BCUT2D eigenvalue weighted by molar-refractivity contribution is 0.0951. The Hall–Kier alpha value is -4.04. The van der Waals surface area contributed by atoms with Crippen molar-refractivity contribution in [2.24, 2.45) is 0 Å². The van der Waals surface area contributed by atoms with E-state index in [1.54, 1.807) is 30.3 Å². The highest BCUT2D eigenvalue weighted by Crippen LogP contribution is 2.22. The molecule has 1 aliphatic heterocycles. The molecule has 0 spiro atoms. The molecule has 0 bridgehead atoms. The Balaban J connectivity index is 1.53. The first-order valence-corrected chi connectivity index (χ1v) is 11.5. The van der Waals surface area contributed by atoms with Crippen LogP contribution in [-0.4, -0.2) is 41.8 Å². The highest BCUT2D eigenvalue weighted by Gasteiger charge is 2.21. The minimum Gasteiger partial charge on any atom is -0.378 e. The van der Waals surface area contributed by atoms with Crippen molar-refractivity contribution >= 4 is 22.8 Å². The molecule has 8 heteroatoms. The van der Waals surface area contributed by atoms with Crippen molar-refractivity contribution < 1.29 is 13.9 Å². The summed E-state index contributed by atoms with van der Waals surface area (Å²) < 4.78 is 20.9. The number of morpholine rings is 1. The van der Waals surface area contributed by atoms with E-state index in [4.69, 9.17) is 9.72 Å². The van der Waals surface area contributed by atoms with Gasteiger partial charge in [-0.2, -0.15) is 0 Å². The number of nitrogens with one attached hydrogen (secondary N) is 1. The molecule has 2 heterocycles. The largest absolute Gasteiger partial charge is 0.378 e. The number of anilines is 1. The number of aromatic nitrogens is 2. The van der Waals surface area contributed by atoms with E-state index in [-0.39, 0.29) is 11.5 Å². The van der Waals surface area contributed by atoms with Gasteiger partial charge in [0.15, 0.2) is 0 Å². The van der Waals surface area contributed by atoms with E-state index in [0.29, 0.717) is 61.0 Å². The van der Waals surface area contributed by atoms with Crippen LogP contribution >= 0.6 is 0 Å².